The van der Waals surface area contributed by atoms with E-state index in [1.165, 1.54) is 28.9 Å². The summed E-state index contributed by atoms with van der Waals surface area (Å²) in [5.74, 6) is -0.466. The van der Waals surface area contributed by atoms with Crippen LogP contribution in [0.25, 0.3) is 5.70 Å². The third-order valence-corrected chi connectivity index (χ3v) is 4.33. The lowest BCUT2D eigenvalue weighted by Gasteiger charge is -2.32. The normalized spacial score (nSPS) is 18.7. The van der Waals surface area contributed by atoms with Crippen molar-refractivity contribution in [3.8, 4) is 0 Å². The van der Waals surface area contributed by atoms with Crippen molar-refractivity contribution >= 4 is 34.4 Å². The molecule has 1 aromatic heterocycles. The number of amides is 1. The van der Waals surface area contributed by atoms with Crippen molar-refractivity contribution < 1.29 is 14.1 Å². The lowest BCUT2D eigenvalue weighted by Crippen LogP contribution is -2.50. The highest BCUT2D eigenvalue weighted by Gasteiger charge is 2.36. The lowest BCUT2D eigenvalue weighted by molar-refractivity contribution is -0.402. The average Bonchev–Trinajstić information content (AvgIpc) is 3.10. The first-order chi connectivity index (χ1) is 12.1. The molecule has 0 saturated carbocycles. The van der Waals surface area contributed by atoms with Crippen molar-refractivity contribution in [2.45, 2.75) is 6.17 Å². The Labute approximate surface area is 144 Å². The number of carbonyl (C=O) groups is 1. The number of hydrogen-bond donors (Lipinski definition) is 1. The van der Waals surface area contributed by atoms with E-state index in [4.69, 9.17) is 4.42 Å². The Morgan fingerprint density at radius 2 is 2.12 bits per heavy atom. The molecular weight excluding hydrogens is 346 g/mol. The van der Waals surface area contributed by atoms with Gasteiger partial charge in [-0.15, -0.1) is 5.10 Å². The Bertz CT molecular complexity index is 1040. The number of rotatable bonds is 2. The van der Waals surface area contributed by atoms with Crippen molar-refractivity contribution in [2.24, 2.45) is 10.1 Å². The number of nitrogens with zero attached hydrogens (tertiary/aromatic N) is 4. The smallest absolute Gasteiger partial charge is 0.401 e. The molecule has 2 aliphatic rings. The van der Waals surface area contributed by atoms with E-state index in [1.54, 1.807) is 30.5 Å². The van der Waals surface area contributed by atoms with Crippen molar-refractivity contribution in [1.29, 1.82) is 0 Å². The number of hydrazone groups is 1. The summed E-state index contributed by atoms with van der Waals surface area (Å²) in [6, 6.07) is 9.88. The fraction of sp³-hybridized carbons (Fsp3) is 0.133. The molecule has 9 nitrogen and oxygen atoms in total. The summed E-state index contributed by atoms with van der Waals surface area (Å²) in [5, 5.41) is 21.1. The second-order valence-electron chi connectivity index (χ2n) is 5.21. The molecule has 2 aromatic rings. The molecular formula is C15H11N5O4S. The van der Waals surface area contributed by atoms with Crippen LogP contribution >= 0.6 is 11.8 Å². The predicted octanol–water partition coefficient (Wildman–Crippen LogP) is 0.694. The molecule has 1 aromatic carbocycles. The van der Waals surface area contributed by atoms with Crippen LogP contribution in [-0.4, -0.2) is 27.3 Å². The maximum absolute atomic E-state index is 12.6. The lowest BCUT2D eigenvalue weighted by atomic mass is 10.1. The van der Waals surface area contributed by atoms with Gasteiger partial charge in [-0.2, -0.15) is 0 Å². The van der Waals surface area contributed by atoms with Gasteiger partial charge in [-0.05, 0) is 18.4 Å². The molecule has 4 rings (SSSR count). The molecule has 1 amide bonds. The fourth-order valence-electron chi connectivity index (χ4n) is 2.68. The zero-order valence-electron chi connectivity index (χ0n) is 12.9. The Morgan fingerprint density at radius 3 is 2.84 bits per heavy atom. The highest BCUT2D eigenvalue weighted by atomic mass is 32.2. The maximum Gasteiger partial charge on any atom is 0.433 e. The third kappa shape index (κ3) is 2.47. The zero-order valence-corrected chi connectivity index (χ0v) is 13.7. The van der Waals surface area contributed by atoms with E-state index in [-0.39, 0.29) is 17.6 Å². The van der Waals surface area contributed by atoms with Crippen molar-refractivity contribution in [1.82, 2.24) is 10.3 Å². The highest BCUT2D eigenvalue weighted by Crippen LogP contribution is 2.32. The van der Waals surface area contributed by atoms with E-state index in [9.17, 15) is 14.9 Å². The monoisotopic (exact) mass is 357 g/mol. The fourth-order valence-corrected chi connectivity index (χ4v) is 3.05. The number of benzene rings is 1. The summed E-state index contributed by atoms with van der Waals surface area (Å²) < 4.78 is 5.30. The minimum atomic E-state index is -0.799. The second-order valence-corrected chi connectivity index (χ2v) is 6.00. The van der Waals surface area contributed by atoms with E-state index in [0.717, 1.165) is 0 Å². The number of carbonyl (C=O) groups excluding carboxylic acids is 1. The summed E-state index contributed by atoms with van der Waals surface area (Å²) in [5.41, 5.74) is 0.326. The van der Waals surface area contributed by atoms with Crippen LogP contribution in [-0.2, 0) is 4.79 Å². The second kappa shape index (κ2) is 5.74. The van der Waals surface area contributed by atoms with E-state index >= 15 is 0 Å². The van der Waals surface area contributed by atoms with Crippen LogP contribution in [0.3, 0.4) is 0 Å². The van der Waals surface area contributed by atoms with Crippen molar-refractivity contribution in [2.75, 3.05) is 6.26 Å². The molecule has 0 radical (unpaired) electrons. The van der Waals surface area contributed by atoms with Crippen LogP contribution in [0.5, 0.6) is 0 Å². The van der Waals surface area contributed by atoms with Gasteiger partial charge in [-0.1, -0.05) is 30.0 Å². The van der Waals surface area contributed by atoms with Gasteiger partial charge in [0.15, 0.2) is 10.9 Å². The average molecular weight is 357 g/mol. The van der Waals surface area contributed by atoms with Gasteiger partial charge in [0, 0.05) is 5.22 Å². The Balaban J connectivity index is 1.95. The Kier molecular flexibility index (Phi) is 3.53. The summed E-state index contributed by atoms with van der Waals surface area (Å²) in [4.78, 5) is 27.4. The molecule has 3 heterocycles. The molecule has 126 valence electrons. The largest absolute Gasteiger partial charge is 0.433 e. The Hall–Kier alpha value is -3.14. The van der Waals surface area contributed by atoms with Gasteiger partial charge in [0.1, 0.15) is 10.6 Å². The first kappa shape index (κ1) is 15.4. The summed E-state index contributed by atoms with van der Waals surface area (Å²) in [6.45, 7) is 0. The van der Waals surface area contributed by atoms with E-state index in [2.05, 4.69) is 15.4 Å². The summed E-state index contributed by atoms with van der Waals surface area (Å²) >= 11 is 1.28. The van der Waals surface area contributed by atoms with Gasteiger partial charge < -0.3 is 4.42 Å². The molecule has 0 unspecified atom stereocenters. The van der Waals surface area contributed by atoms with Gasteiger partial charge in [0.2, 0.25) is 6.17 Å². The molecule has 0 bridgehead atoms. The molecule has 0 fully saturated rings. The zero-order chi connectivity index (χ0) is 17.6. The van der Waals surface area contributed by atoms with Gasteiger partial charge >= 0.3 is 5.88 Å². The van der Waals surface area contributed by atoms with E-state index in [0.29, 0.717) is 21.4 Å². The van der Waals surface area contributed by atoms with E-state index in [1.807, 2.05) is 0 Å². The van der Waals surface area contributed by atoms with Crippen LogP contribution in [0, 0.1) is 10.1 Å². The number of hydrogen-bond acceptors (Lipinski definition) is 8. The van der Waals surface area contributed by atoms with Gasteiger partial charge in [0.05, 0.1) is 11.4 Å². The quantitative estimate of drug-likeness (QED) is 0.625. The topological polar surface area (TPSA) is 113 Å². The number of furan rings is 1. The predicted molar refractivity (Wildman–Crippen MR) is 89.7 cm³/mol. The van der Waals surface area contributed by atoms with Gasteiger partial charge in [-0.25, -0.2) is 10.0 Å². The maximum atomic E-state index is 12.6. The first-order valence-corrected chi connectivity index (χ1v) is 8.45. The number of nitrogens with one attached hydrogen (secondary N) is 1. The SMILES string of the molecule is CSC1=NN2C(=c3ccccc3=N[C@@H]2c2ccc([N+](=O)[O-])o2)C(=O)N1. The van der Waals surface area contributed by atoms with Crippen molar-refractivity contribution in [3.63, 3.8) is 0 Å². The third-order valence-electron chi connectivity index (χ3n) is 3.76. The number of amidine groups is 1. The molecule has 2 aliphatic heterocycles. The Morgan fingerprint density at radius 1 is 1.32 bits per heavy atom. The molecule has 10 heteroatoms. The molecule has 0 aliphatic carbocycles. The van der Waals surface area contributed by atoms with Crippen LogP contribution in [0.15, 0.2) is 50.9 Å². The van der Waals surface area contributed by atoms with Gasteiger partial charge in [-0.3, -0.25) is 20.2 Å². The minimum absolute atomic E-state index is 0.234. The van der Waals surface area contributed by atoms with Crippen LogP contribution < -0.4 is 15.9 Å². The van der Waals surface area contributed by atoms with Crippen molar-refractivity contribution in [3.05, 3.63) is 62.8 Å². The van der Waals surface area contributed by atoms with Crippen LogP contribution in [0.1, 0.15) is 11.9 Å². The minimum Gasteiger partial charge on any atom is -0.401 e. The van der Waals surface area contributed by atoms with Crippen LogP contribution in [0.2, 0.25) is 0 Å². The van der Waals surface area contributed by atoms with E-state index < -0.39 is 11.1 Å². The molecule has 1 N–H and O–H groups in total. The summed E-state index contributed by atoms with van der Waals surface area (Å²) in [6.07, 6.45) is 0.984. The molecule has 25 heavy (non-hydrogen) atoms. The first-order valence-electron chi connectivity index (χ1n) is 7.23. The van der Waals surface area contributed by atoms with Crippen LogP contribution in [0.4, 0.5) is 5.88 Å². The van der Waals surface area contributed by atoms with Gasteiger partial charge in [0.25, 0.3) is 5.91 Å². The highest BCUT2D eigenvalue weighted by molar-refractivity contribution is 8.13. The number of thioether (sulfide) groups is 1. The number of nitro groups is 1. The standard InChI is InChI=1S/C15H11N5O4S/c1-25-15-17-14(21)12-8-4-2-3-5-9(8)16-13(19(12)18-15)10-6-7-11(24-10)20(22)23/h2-7,13H,1H3,(H,17,18,21)/t13-/m0/s1. The molecule has 0 spiro atoms. The summed E-state index contributed by atoms with van der Waals surface area (Å²) in [7, 11) is 0. The molecule has 1 atom stereocenters. The number of fused-ring (bicyclic) bond motifs is 2. The number of para-hydroxylation sites is 1. The molecule has 0 saturated heterocycles.